The summed E-state index contributed by atoms with van der Waals surface area (Å²) in [4.78, 5) is 2.51. The smallest absolute Gasteiger partial charge is 0.120 e. The number of hydrogen-bond acceptors (Lipinski definition) is 3. The Bertz CT molecular complexity index is 477. The average Bonchev–Trinajstić information content (AvgIpc) is 2.48. The van der Waals surface area contributed by atoms with Gasteiger partial charge in [0.15, 0.2) is 0 Å². The van der Waals surface area contributed by atoms with Crippen molar-refractivity contribution >= 4 is 23.2 Å². The second-order valence-electron chi connectivity index (χ2n) is 5.90. The summed E-state index contributed by atoms with van der Waals surface area (Å²) >= 11 is 11.9. The SMILES string of the molecule is Clc1ccc(OCC2CCC2CN2CCOCC2)cc1Cl. The van der Waals surface area contributed by atoms with Crippen LogP contribution in [0.5, 0.6) is 5.75 Å². The lowest BCUT2D eigenvalue weighted by Crippen LogP contribution is -2.44. The summed E-state index contributed by atoms with van der Waals surface area (Å²) in [5.74, 6) is 2.22. The summed E-state index contributed by atoms with van der Waals surface area (Å²) in [6.45, 7) is 5.83. The molecule has 2 aliphatic rings. The lowest BCUT2D eigenvalue weighted by atomic mass is 9.74. The maximum absolute atomic E-state index is 6.00. The highest BCUT2D eigenvalue weighted by Gasteiger charge is 2.33. The van der Waals surface area contributed by atoms with E-state index in [4.69, 9.17) is 32.7 Å². The molecule has 1 aromatic rings. The molecule has 0 bridgehead atoms. The molecule has 1 saturated heterocycles. The number of hydrogen-bond donors (Lipinski definition) is 0. The van der Waals surface area contributed by atoms with E-state index in [2.05, 4.69) is 4.90 Å². The normalized spacial score (nSPS) is 26.4. The predicted molar refractivity (Wildman–Crippen MR) is 85.4 cm³/mol. The van der Waals surface area contributed by atoms with Crippen molar-refractivity contribution < 1.29 is 9.47 Å². The van der Waals surface area contributed by atoms with E-state index in [1.54, 1.807) is 12.1 Å². The lowest BCUT2D eigenvalue weighted by Gasteiger charge is -2.40. The molecular formula is C16H21Cl2NO2. The third-order valence-electron chi connectivity index (χ3n) is 4.53. The molecular weight excluding hydrogens is 309 g/mol. The van der Waals surface area contributed by atoms with Crippen molar-refractivity contribution in [1.82, 2.24) is 4.90 Å². The molecule has 1 saturated carbocycles. The Balaban J connectivity index is 1.45. The van der Waals surface area contributed by atoms with E-state index in [0.717, 1.165) is 44.6 Å². The van der Waals surface area contributed by atoms with Gasteiger partial charge in [-0.2, -0.15) is 0 Å². The number of rotatable bonds is 5. The zero-order chi connectivity index (χ0) is 14.7. The van der Waals surface area contributed by atoms with Crippen LogP contribution in [0.4, 0.5) is 0 Å². The third-order valence-corrected chi connectivity index (χ3v) is 5.27. The molecule has 2 fully saturated rings. The molecule has 0 spiro atoms. The molecule has 3 nitrogen and oxygen atoms in total. The molecule has 3 rings (SSSR count). The van der Waals surface area contributed by atoms with Crippen LogP contribution in [0.3, 0.4) is 0 Å². The highest BCUT2D eigenvalue weighted by Crippen LogP contribution is 2.36. The summed E-state index contributed by atoms with van der Waals surface area (Å²) in [6.07, 6.45) is 2.57. The monoisotopic (exact) mass is 329 g/mol. The summed E-state index contributed by atoms with van der Waals surface area (Å²) in [5.41, 5.74) is 0. The number of nitrogens with zero attached hydrogens (tertiary/aromatic N) is 1. The van der Waals surface area contributed by atoms with E-state index in [9.17, 15) is 0 Å². The van der Waals surface area contributed by atoms with Crippen molar-refractivity contribution in [2.45, 2.75) is 12.8 Å². The van der Waals surface area contributed by atoms with E-state index in [0.29, 0.717) is 16.0 Å². The molecule has 116 valence electrons. The van der Waals surface area contributed by atoms with Gasteiger partial charge in [0.1, 0.15) is 5.75 Å². The first kappa shape index (κ1) is 15.4. The Kier molecular flexibility index (Phi) is 5.28. The molecule has 5 heteroatoms. The minimum atomic E-state index is 0.549. The Morgan fingerprint density at radius 1 is 1.10 bits per heavy atom. The van der Waals surface area contributed by atoms with Crippen LogP contribution in [-0.4, -0.2) is 44.4 Å². The van der Waals surface area contributed by atoms with Crippen LogP contribution in [-0.2, 0) is 4.74 Å². The summed E-state index contributed by atoms with van der Waals surface area (Å²) in [5, 5.41) is 1.12. The van der Waals surface area contributed by atoms with Crippen molar-refractivity contribution in [2.75, 3.05) is 39.5 Å². The van der Waals surface area contributed by atoms with E-state index < -0.39 is 0 Å². The van der Waals surface area contributed by atoms with Gasteiger partial charge in [0.05, 0.1) is 29.9 Å². The molecule has 1 heterocycles. The van der Waals surface area contributed by atoms with Crippen molar-refractivity contribution in [1.29, 1.82) is 0 Å². The summed E-state index contributed by atoms with van der Waals surface area (Å²) in [7, 11) is 0. The first-order valence-corrected chi connectivity index (χ1v) is 8.36. The van der Waals surface area contributed by atoms with Gasteiger partial charge in [0.2, 0.25) is 0 Å². The number of halogens is 2. The van der Waals surface area contributed by atoms with E-state index >= 15 is 0 Å². The second-order valence-corrected chi connectivity index (χ2v) is 6.71. The Morgan fingerprint density at radius 3 is 2.52 bits per heavy atom. The number of benzene rings is 1. The molecule has 0 radical (unpaired) electrons. The Morgan fingerprint density at radius 2 is 1.86 bits per heavy atom. The van der Waals surface area contributed by atoms with E-state index in [-0.39, 0.29) is 0 Å². The van der Waals surface area contributed by atoms with Gasteiger partial charge >= 0.3 is 0 Å². The fraction of sp³-hybridized carbons (Fsp3) is 0.625. The lowest BCUT2D eigenvalue weighted by molar-refractivity contribution is 0.00483. The van der Waals surface area contributed by atoms with Gasteiger partial charge in [0.25, 0.3) is 0 Å². The van der Waals surface area contributed by atoms with Crippen molar-refractivity contribution in [3.05, 3.63) is 28.2 Å². The summed E-state index contributed by atoms with van der Waals surface area (Å²) in [6, 6.07) is 5.45. The van der Waals surface area contributed by atoms with Crippen LogP contribution in [0.2, 0.25) is 10.0 Å². The highest BCUT2D eigenvalue weighted by atomic mass is 35.5. The first-order chi connectivity index (χ1) is 10.2. The van der Waals surface area contributed by atoms with Crippen molar-refractivity contribution in [3.63, 3.8) is 0 Å². The van der Waals surface area contributed by atoms with Crippen molar-refractivity contribution in [2.24, 2.45) is 11.8 Å². The molecule has 0 amide bonds. The summed E-state index contributed by atoms with van der Waals surface area (Å²) < 4.78 is 11.3. The quantitative estimate of drug-likeness (QED) is 0.821. The Hall–Kier alpha value is -0.480. The molecule has 2 unspecified atom stereocenters. The van der Waals surface area contributed by atoms with Crippen LogP contribution >= 0.6 is 23.2 Å². The third kappa shape index (κ3) is 4.04. The zero-order valence-electron chi connectivity index (χ0n) is 12.1. The fourth-order valence-corrected chi connectivity index (χ4v) is 3.27. The van der Waals surface area contributed by atoms with E-state index in [1.807, 2.05) is 6.07 Å². The maximum Gasteiger partial charge on any atom is 0.120 e. The predicted octanol–water partition coefficient (Wildman–Crippen LogP) is 3.73. The fourth-order valence-electron chi connectivity index (χ4n) is 2.98. The van der Waals surface area contributed by atoms with Crippen molar-refractivity contribution in [3.8, 4) is 5.75 Å². The van der Waals surface area contributed by atoms with Gasteiger partial charge < -0.3 is 9.47 Å². The minimum Gasteiger partial charge on any atom is -0.493 e. The van der Waals surface area contributed by atoms with Crippen LogP contribution in [0.1, 0.15) is 12.8 Å². The van der Waals surface area contributed by atoms with E-state index in [1.165, 1.54) is 19.4 Å². The maximum atomic E-state index is 6.00. The van der Waals surface area contributed by atoms with Crippen LogP contribution in [0.25, 0.3) is 0 Å². The van der Waals surface area contributed by atoms with Gasteiger partial charge in [-0.25, -0.2) is 0 Å². The molecule has 1 aromatic carbocycles. The molecule has 21 heavy (non-hydrogen) atoms. The standard InChI is InChI=1S/C16H21Cl2NO2/c17-15-4-3-14(9-16(15)18)21-11-13-2-1-12(13)10-19-5-7-20-8-6-19/h3-4,9,12-13H,1-2,5-8,10-11H2. The van der Waals surface area contributed by atoms with Gasteiger partial charge in [-0.3, -0.25) is 4.90 Å². The topological polar surface area (TPSA) is 21.7 Å². The number of morpholine rings is 1. The van der Waals surface area contributed by atoms with Crippen LogP contribution in [0, 0.1) is 11.8 Å². The van der Waals surface area contributed by atoms with Gasteiger partial charge in [-0.05, 0) is 36.8 Å². The number of ether oxygens (including phenoxy) is 2. The zero-order valence-corrected chi connectivity index (χ0v) is 13.6. The van der Waals surface area contributed by atoms with Gasteiger partial charge in [-0.15, -0.1) is 0 Å². The highest BCUT2D eigenvalue weighted by molar-refractivity contribution is 6.42. The molecule has 1 aliphatic carbocycles. The second kappa shape index (κ2) is 7.19. The molecule has 1 aliphatic heterocycles. The first-order valence-electron chi connectivity index (χ1n) is 7.60. The molecule has 0 N–H and O–H groups in total. The van der Waals surface area contributed by atoms with Gasteiger partial charge in [0, 0.05) is 25.7 Å². The van der Waals surface area contributed by atoms with Crippen LogP contribution < -0.4 is 4.74 Å². The van der Waals surface area contributed by atoms with Crippen LogP contribution in [0.15, 0.2) is 18.2 Å². The minimum absolute atomic E-state index is 0.549. The Labute approximate surface area is 136 Å². The van der Waals surface area contributed by atoms with Gasteiger partial charge in [-0.1, -0.05) is 23.2 Å². The largest absolute Gasteiger partial charge is 0.493 e. The molecule has 0 aromatic heterocycles. The molecule has 2 atom stereocenters. The average molecular weight is 330 g/mol.